The van der Waals surface area contributed by atoms with E-state index in [9.17, 15) is 0 Å². The zero-order valence-corrected chi connectivity index (χ0v) is 11.1. The third kappa shape index (κ3) is 1.97. The van der Waals surface area contributed by atoms with Crippen molar-refractivity contribution in [2.75, 3.05) is 7.11 Å². The summed E-state index contributed by atoms with van der Waals surface area (Å²) in [5.74, 6) is 1.77. The monoisotopic (exact) mass is 252 g/mol. The van der Waals surface area contributed by atoms with Gasteiger partial charge in [0, 0.05) is 6.20 Å². The zero-order chi connectivity index (χ0) is 13.2. The summed E-state index contributed by atoms with van der Waals surface area (Å²) in [6.45, 7) is 2.15. The molecule has 0 radical (unpaired) electrons. The van der Waals surface area contributed by atoms with E-state index < -0.39 is 0 Å². The van der Waals surface area contributed by atoms with Crippen molar-refractivity contribution in [2.24, 2.45) is 0 Å². The Labute approximate surface area is 112 Å². The molecule has 0 bridgehead atoms. The van der Waals surface area contributed by atoms with E-state index in [1.165, 1.54) is 5.56 Å². The van der Waals surface area contributed by atoms with E-state index in [1.807, 2.05) is 36.7 Å². The van der Waals surface area contributed by atoms with Crippen molar-refractivity contribution in [1.82, 2.24) is 9.38 Å². The Hall–Kier alpha value is -2.29. The SMILES string of the molecule is CCc1ccc(OC)c(-c2ncc3ccccn23)c1. The summed E-state index contributed by atoms with van der Waals surface area (Å²) in [6.07, 6.45) is 4.91. The number of pyridine rings is 1. The average molecular weight is 252 g/mol. The minimum Gasteiger partial charge on any atom is -0.496 e. The van der Waals surface area contributed by atoms with E-state index in [2.05, 4.69) is 28.4 Å². The van der Waals surface area contributed by atoms with Gasteiger partial charge in [-0.1, -0.05) is 19.1 Å². The molecular formula is C16H16N2O. The van der Waals surface area contributed by atoms with Crippen molar-refractivity contribution in [3.63, 3.8) is 0 Å². The van der Waals surface area contributed by atoms with Crippen molar-refractivity contribution in [2.45, 2.75) is 13.3 Å². The second-order valence-corrected chi connectivity index (χ2v) is 4.47. The molecule has 1 aromatic carbocycles. The van der Waals surface area contributed by atoms with Crippen LogP contribution in [0.15, 0.2) is 48.8 Å². The summed E-state index contributed by atoms with van der Waals surface area (Å²) in [6, 6.07) is 12.3. The molecule has 0 N–H and O–H groups in total. The molecular weight excluding hydrogens is 236 g/mol. The normalized spacial score (nSPS) is 10.8. The van der Waals surface area contributed by atoms with Crippen LogP contribution in [-0.4, -0.2) is 16.5 Å². The summed E-state index contributed by atoms with van der Waals surface area (Å²) in [4.78, 5) is 4.53. The highest BCUT2D eigenvalue weighted by molar-refractivity contribution is 5.69. The van der Waals surface area contributed by atoms with Crippen LogP contribution in [0.5, 0.6) is 5.75 Å². The average Bonchev–Trinajstić information content (AvgIpc) is 2.90. The molecule has 0 spiro atoms. The summed E-state index contributed by atoms with van der Waals surface area (Å²) < 4.78 is 7.54. The van der Waals surface area contributed by atoms with Gasteiger partial charge in [0.05, 0.1) is 24.4 Å². The largest absolute Gasteiger partial charge is 0.496 e. The van der Waals surface area contributed by atoms with Crippen LogP contribution >= 0.6 is 0 Å². The fraction of sp³-hybridized carbons (Fsp3) is 0.188. The first-order valence-electron chi connectivity index (χ1n) is 6.43. The Kier molecular flexibility index (Phi) is 2.95. The predicted octanol–water partition coefficient (Wildman–Crippen LogP) is 3.57. The molecule has 0 amide bonds. The number of aromatic nitrogens is 2. The smallest absolute Gasteiger partial charge is 0.148 e. The number of aryl methyl sites for hydroxylation is 1. The van der Waals surface area contributed by atoms with Gasteiger partial charge in [-0.25, -0.2) is 4.98 Å². The predicted molar refractivity (Wildman–Crippen MR) is 76.6 cm³/mol. The van der Waals surface area contributed by atoms with Gasteiger partial charge in [-0.3, -0.25) is 4.40 Å². The van der Waals surface area contributed by atoms with Crippen molar-refractivity contribution in [3.8, 4) is 17.1 Å². The second kappa shape index (κ2) is 4.76. The van der Waals surface area contributed by atoms with Crippen LogP contribution in [0, 0.1) is 0 Å². The van der Waals surface area contributed by atoms with Crippen LogP contribution in [0.4, 0.5) is 0 Å². The number of methoxy groups -OCH3 is 1. The minimum absolute atomic E-state index is 0.855. The first-order chi connectivity index (χ1) is 9.33. The molecule has 0 aliphatic heterocycles. The molecule has 2 heterocycles. The van der Waals surface area contributed by atoms with Gasteiger partial charge in [0.15, 0.2) is 0 Å². The van der Waals surface area contributed by atoms with Gasteiger partial charge in [0.1, 0.15) is 11.6 Å². The van der Waals surface area contributed by atoms with Crippen molar-refractivity contribution in [1.29, 1.82) is 0 Å². The van der Waals surface area contributed by atoms with Crippen LogP contribution < -0.4 is 4.74 Å². The van der Waals surface area contributed by atoms with Crippen LogP contribution in [0.2, 0.25) is 0 Å². The van der Waals surface area contributed by atoms with Crippen LogP contribution in [0.3, 0.4) is 0 Å². The van der Waals surface area contributed by atoms with Crippen molar-refractivity contribution >= 4 is 5.52 Å². The summed E-state index contributed by atoms with van der Waals surface area (Å²) >= 11 is 0. The molecule has 96 valence electrons. The Morgan fingerprint density at radius 1 is 1.21 bits per heavy atom. The van der Waals surface area contributed by atoms with E-state index in [0.29, 0.717) is 0 Å². The van der Waals surface area contributed by atoms with E-state index in [1.54, 1.807) is 7.11 Å². The standard InChI is InChI=1S/C16H16N2O/c1-3-12-7-8-15(19-2)14(10-12)16-17-11-13-6-4-5-9-18(13)16/h4-11H,3H2,1-2H3. The molecule has 0 saturated carbocycles. The third-order valence-corrected chi connectivity index (χ3v) is 3.35. The Balaban J connectivity index is 2.25. The zero-order valence-electron chi connectivity index (χ0n) is 11.1. The third-order valence-electron chi connectivity index (χ3n) is 3.35. The summed E-state index contributed by atoms with van der Waals surface area (Å²) in [5, 5.41) is 0. The highest BCUT2D eigenvalue weighted by Gasteiger charge is 2.12. The lowest BCUT2D eigenvalue weighted by Gasteiger charge is -2.09. The second-order valence-electron chi connectivity index (χ2n) is 4.47. The molecule has 3 rings (SSSR count). The first kappa shape index (κ1) is 11.8. The van der Waals surface area contributed by atoms with Crippen LogP contribution in [0.1, 0.15) is 12.5 Å². The number of imidazole rings is 1. The van der Waals surface area contributed by atoms with Crippen molar-refractivity contribution in [3.05, 3.63) is 54.4 Å². The van der Waals surface area contributed by atoms with Gasteiger partial charge in [-0.05, 0) is 36.2 Å². The molecule has 19 heavy (non-hydrogen) atoms. The van der Waals surface area contributed by atoms with Gasteiger partial charge in [0.25, 0.3) is 0 Å². The van der Waals surface area contributed by atoms with Gasteiger partial charge in [-0.15, -0.1) is 0 Å². The molecule has 0 aliphatic rings. The molecule has 0 fully saturated rings. The van der Waals surface area contributed by atoms with Crippen LogP contribution in [0.25, 0.3) is 16.9 Å². The Morgan fingerprint density at radius 2 is 2.11 bits per heavy atom. The minimum atomic E-state index is 0.855. The van der Waals surface area contributed by atoms with Crippen LogP contribution in [-0.2, 0) is 6.42 Å². The maximum atomic E-state index is 5.46. The highest BCUT2D eigenvalue weighted by Crippen LogP contribution is 2.30. The lowest BCUT2D eigenvalue weighted by molar-refractivity contribution is 0.416. The highest BCUT2D eigenvalue weighted by atomic mass is 16.5. The number of benzene rings is 1. The van der Waals surface area contributed by atoms with Gasteiger partial charge in [-0.2, -0.15) is 0 Å². The maximum absolute atomic E-state index is 5.46. The molecule has 2 aromatic heterocycles. The molecule has 0 atom stereocenters. The number of fused-ring (bicyclic) bond motifs is 1. The molecule has 0 saturated heterocycles. The number of ether oxygens (including phenoxy) is 1. The molecule has 0 unspecified atom stereocenters. The van der Waals surface area contributed by atoms with E-state index >= 15 is 0 Å². The maximum Gasteiger partial charge on any atom is 0.148 e. The topological polar surface area (TPSA) is 26.5 Å². The quantitative estimate of drug-likeness (QED) is 0.712. The number of nitrogens with zero attached hydrogens (tertiary/aromatic N) is 2. The van der Waals surface area contributed by atoms with E-state index in [4.69, 9.17) is 4.74 Å². The van der Waals surface area contributed by atoms with Gasteiger partial charge < -0.3 is 4.74 Å². The van der Waals surface area contributed by atoms with Gasteiger partial charge >= 0.3 is 0 Å². The first-order valence-corrected chi connectivity index (χ1v) is 6.43. The lowest BCUT2D eigenvalue weighted by atomic mass is 10.1. The van der Waals surface area contributed by atoms with E-state index in [0.717, 1.165) is 29.1 Å². The number of rotatable bonds is 3. The fourth-order valence-corrected chi connectivity index (χ4v) is 2.29. The Bertz CT molecular complexity index is 716. The molecule has 0 aliphatic carbocycles. The summed E-state index contributed by atoms with van der Waals surface area (Å²) in [7, 11) is 1.69. The number of hydrogen-bond acceptors (Lipinski definition) is 2. The summed E-state index contributed by atoms with van der Waals surface area (Å²) in [5.41, 5.74) is 3.40. The van der Waals surface area contributed by atoms with Crippen molar-refractivity contribution < 1.29 is 4.74 Å². The van der Waals surface area contributed by atoms with Gasteiger partial charge in [0.2, 0.25) is 0 Å². The molecule has 3 heteroatoms. The molecule has 3 aromatic rings. The number of hydrogen-bond donors (Lipinski definition) is 0. The fourth-order valence-electron chi connectivity index (χ4n) is 2.29. The Morgan fingerprint density at radius 3 is 2.89 bits per heavy atom. The van der Waals surface area contributed by atoms with E-state index in [-0.39, 0.29) is 0 Å². The lowest BCUT2D eigenvalue weighted by Crippen LogP contribution is -1.94. The molecule has 3 nitrogen and oxygen atoms in total.